The summed E-state index contributed by atoms with van der Waals surface area (Å²) in [5, 5.41) is 14.0. The van der Waals surface area contributed by atoms with E-state index in [-0.39, 0.29) is 11.6 Å². The fraction of sp³-hybridized carbons (Fsp3) is 0.292. The second kappa shape index (κ2) is 6.52. The number of aliphatic hydroxyl groups excluding tert-OH is 1. The lowest BCUT2D eigenvalue weighted by atomic mass is 9.84. The van der Waals surface area contributed by atoms with Gasteiger partial charge < -0.3 is 20.1 Å². The molecule has 2 N–H and O–H groups in total. The van der Waals surface area contributed by atoms with Crippen molar-refractivity contribution in [1.29, 1.82) is 0 Å². The number of carbonyl (C=O) groups is 1. The minimum atomic E-state index is -0.995. The van der Waals surface area contributed by atoms with Gasteiger partial charge in [-0.15, -0.1) is 0 Å². The molecule has 1 amide bonds. The third-order valence-electron chi connectivity index (χ3n) is 6.35. The molecule has 2 aliphatic rings. The Morgan fingerprint density at radius 2 is 1.84 bits per heavy atom. The molecule has 0 unspecified atom stereocenters. The van der Waals surface area contributed by atoms with Crippen molar-refractivity contribution in [2.24, 2.45) is 0 Å². The maximum Gasteiger partial charge on any atom is 0.255 e. The first-order chi connectivity index (χ1) is 14.7. The number of hydrogen-bond acceptors (Lipinski definition) is 6. The number of anilines is 1. The SMILES string of the molecule is CNc1c(-c2ccc3c(c2)[C@H](N2Cc4ccccc4C2=O)[C@@H](O)C(C)(C)O3)c(=O)c1=O. The van der Waals surface area contributed by atoms with Crippen LogP contribution in [0, 0.1) is 0 Å². The van der Waals surface area contributed by atoms with Crippen molar-refractivity contribution in [3.8, 4) is 16.9 Å². The molecule has 0 fully saturated rings. The van der Waals surface area contributed by atoms with Crippen LogP contribution in [0.15, 0.2) is 52.1 Å². The van der Waals surface area contributed by atoms with Crippen molar-refractivity contribution >= 4 is 11.6 Å². The van der Waals surface area contributed by atoms with Crippen molar-refractivity contribution in [2.45, 2.75) is 38.1 Å². The van der Waals surface area contributed by atoms with Gasteiger partial charge in [0.1, 0.15) is 17.5 Å². The first-order valence-electron chi connectivity index (χ1n) is 10.2. The molecule has 3 aromatic carbocycles. The smallest absolute Gasteiger partial charge is 0.255 e. The van der Waals surface area contributed by atoms with Gasteiger partial charge in [-0.05, 0) is 43.2 Å². The van der Waals surface area contributed by atoms with Crippen molar-refractivity contribution in [2.75, 3.05) is 12.4 Å². The lowest BCUT2D eigenvalue weighted by Gasteiger charge is -2.45. The van der Waals surface area contributed by atoms with E-state index in [0.717, 1.165) is 5.56 Å². The normalized spacial score (nSPS) is 21.5. The highest BCUT2D eigenvalue weighted by Crippen LogP contribution is 2.46. The molecule has 158 valence electrons. The van der Waals surface area contributed by atoms with E-state index in [1.165, 1.54) is 0 Å². The minimum absolute atomic E-state index is 0.154. The number of amides is 1. The number of ether oxygens (including phenoxy) is 1. The molecule has 0 spiro atoms. The predicted octanol–water partition coefficient (Wildman–Crippen LogP) is 2.22. The molecule has 0 saturated heterocycles. The molecule has 0 aromatic heterocycles. The summed E-state index contributed by atoms with van der Waals surface area (Å²) in [6.45, 7) is 3.94. The van der Waals surface area contributed by atoms with Crippen LogP contribution in [-0.2, 0) is 6.54 Å². The Kier molecular flexibility index (Phi) is 4.10. The highest BCUT2D eigenvalue weighted by molar-refractivity contribution is 5.98. The molecule has 3 aromatic rings. The predicted molar refractivity (Wildman–Crippen MR) is 116 cm³/mol. The maximum absolute atomic E-state index is 13.2. The third kappa shape index (κ3) is 2.66. The standard InChI is InChI=1S/C24H22N2O5/c1-24(2)22(29)19(26-11-13-6-4-5-7-14(13)23(26)30)15-10-12(8-9-16(15)31-24)17-18(25-3)21(28)20(17)27/h4-10,19,22,25,29H,11H2,1-3H3/t19-,22+/m0/s1. The number of benzene rings is 2. The zero-order valence-electron chi connectivity index (χ0n) is 17.4. The maximum atomic E-state index is 13.2. The van der Waals surface area contributed by atoms with Gasteiger partial charge in [0.15, 0.2) is 0 Å². The molecule has 5 rings (SSSR count). The Bertz CT molecular complexity index is 1300. The summed E-state index contributed by atoms with van der Waals surface area (Å²) in [6, 6.07) is 11.9. The molecule has 31 heavy (non-hydrogen) atoms. The van der Waals surface area contributed by atoms with E-state index in [2.05, 4.69) is 5.32 Å². The molecule has 0 bridgehead atoms. The largest absolute Gasteiger partial charge is 0.485 e. The van der Waals surface area contributed by atoms with Gasteiger partial charge in [0.2, 0.25) is 10.9 Å². The van der Waals surface area contributed by atoms with E-state index in [0.29, 0.717) is 34.5 Å². The lowest BCUT2D eigenvalue weighted by molar-refractivity contribution is -0.0867. The molecule has 7 heteroatoms. The van der Waals surface area contributed by atoms with Crippen LogP contribution in [0.5, 0.6) is 5.75 Å². The first-order valence-corrected chi connectivity index (χ1v) is 10.2. The van der Waals surface area contributed by atoms with Crippen molar-refractivity contribution in [3.05, 3.63) is 79.6 Å². The van der Waals surface area contributed by atoms with Gasteiger partial charge in [-0.1, -0.05) is 24.3 Å². The number of nitrogens with zero attached hydrogens (tertiary/aromatic N) is 1. The fourth-order valence-corrected chi connectivity index (χ4v) is 4.67. The van der Waals surface area contributed by atoms with Gasteiger partial charge >= 0.3 is 0 Å². The average molecular weight is 418 g/mol. The van der Waals surface area contributed by atoms with Crippen LogP contribution in [0.1, 0.15) is 41.4 Å². The second-order valence-electron chi connectivity index (χ2n) is 8.60. The quantitative estimate of drug-likeness (QED) is 0.634. The van der Waals surface area contributed by atoms with Gasteiger partial charge in [0.25, 0.3) is 5.91 Å². The zero-order chi connectivity index (χ0) is 22.1. The molecular weight excluding hydrogens is 396 g/mol. The summed E-state index contributed by atoms with van der Waals surface area (Å²) in [6.07, 6.45) is -0.995. The van der Waals surface area contributed by atoms with Crippen LogP contribution in [0.2, 0.25) is 0 Å². The molecule has 0 aliphatic carbocycles. The van der Waals surface area contributed by atoms with Gasteiger partial charge in [0.05, 0.1) is 17.3 Å². The van der Waals surface area contributed by atoms with Crippen LogP contribution < -0.4 is 20.9 Å². The Morgan fingerprint density at radius 1 is 1.10 bits per heavy atom. The molecule has 2 atom stereocenters. The monoisotopic (exact) mass is 418 g/mol. The Morgan fingerprint density at radius 3 is 2.55 bits per heavy atom. The van der Waals surface area contributed by atoms with Gasteiger partial charge in [-0.3, -0.25) is 14.4 Å². The Balaban J connectivity index is 1.65. The molecule has 0 radical (unpaired) electrons. The average Bonchev–Trinajstić information content (AvgIpc) is 3.08. The van der Waals surface area contributed by atoms with Crippen LogP contribution in [0.25, 0.3) is 11.1 Å². The minimum Gasteiger partial charge on any atom is -0.485 e. The number of nitrogens with one attached hydrogen (secondary N) is 1. The molecule has 2 aliphatic heterocycles. The molecule has 0 saturated carbocycles. The van der Waals surface area contributed by atoms with E-state index in [1.54, 1.807) is 50.1 Å². The first kappa shape index (κ1) is 19.5. The summed E-state index contributed by atoms with van der Waals surface area (Å²) in [5.41, 5.74) is 1.24. The van der Waals surface area contributed by atoms with E-state index in [1.807, 2.05) is 18.2 Å². The van der Waals surface area contributed by atoms with Crippen molar-refractivity contribution in [1.82, 2.24) is 4.90 Å². The Hall–Kier alpha value is -3.45. The number of hydrogen-bond donors (Lipinski definition) is 2. The van der Waals surface area contributed by atoms with Crippen molar-refractivity contribution in [3.63, 3.8) is 0 Å². The van der Waals surface area contributed by atoms with E-state index in [9.17, 15) is 19.5 Å². The highest BCUT2D eigenvalue weighted by atomic mass is 16.5. The Labute approximate surface area is 178 Å². The fourth-order valence-electron chi connectivity index (χ4n) is 4.67. The van der Waals surface area contributed by atoms with Crippen LogP contribution in [0.4, 0.5) is 5.69 Å². The summed E-state index contributed by atoms with van der Waals surface area (Å²) in [4.78, 5) is 38.9. The number of rotatable bonds is 3. The molecule has 7 nitrogen and oxygen atoms in total. The van der Waals surface area contributed by atoms with Crippen LogP contribution in [-0.4, -0.2) is 34.7 Å². The summed E-state index contributed by atoms with van der Waals surface area (Å²) in [5.74, 6) is 0.385. The van der Waals surface area contributed by atoms with Crippen LogP contribution >= 0.6 is 0 Å². The van der Waals surface area contributed by atoms with Gasteiger partial charge in [0, 0.05) is 24.7 Å². The molecule has 2 heterocycles. The number of carbonyl (C=O) groups excluding carboxylic acids is 1. The summed E-state index contributed by atoms with van der Waals surface area (Å²) in [7, 11) is 1.59. The topological polar surface area (TPSA) is 95.9 Å². The highest BCUT2D eigenvalue weighted by Gasteiger charge is 2.48. The van der Waals surface area contributed by atoms with E-state index in [4.69, 9.17) is 4.74 Å². The van der Waals surface area contributed by atoms with Crippen molar-refractivity contribution < 1.29 is 14.6 Å². The summed E-state index contributed by atoms with van der Waals surface area (Å²) < 4.78 is 6.05. The van der Waals surface area contributed by atoms with E-state index >= 15 is 0 Å². The number of aliphatic hydroxyl groups is 1. The second-order valence-corrected chi connectivity index (χ2v) is 8.60. The number of fused-ring (bicyclic) bond motifs is 2. The van der Waals surface area contributed by atoms with Gasteiger partial charge in [-0.2, -0.15) is 0 Å². The van der Waals surface area contributed by atoms with Gasteiger partial charge in [-0.25, -0.2) is 0 Å². The molecular formula is C24H22N2O5. The lowest BCUT2D eigenvalue weighted by Crippen LogP contribution is -2.53. The zero-order valence-corrected chi connectivity index (χ0v) is 17.4. The van der Waals surface area contributed by atoms with Crippen LogP contribution in [0.3, 0.4) is 0 Å². The third-order valence-corrected chi connectivity index (χ3v) is 6.35. The summed E-state index contributed by atoms with van der Waals surface area (Å²) >= 11 is 0. The van der Waals surface area contributed by atoms with E-state index < -0.39 is 28.6 Å².